The van der Waals surface area contributed by atoms with Gasteiger partial charge in [0, 0.05) is 26.2 Å². The Morgan fingerprint density at radius 3 is 2.55 bits per heavy atom. The molecule has 3 aromatic rings. The fourth-order valence-electron chi connectivity index (χ4n) is 3.26. The summed E-state index contributed by atoms with van der Waals surface area (Å²) in [6.45, 7) is -0.566. The molecule has 4 rings (SSSR count). The van der Waals surface area contributed by atoms with Crippen molar-refractivity contribution < 1.29 is 22.7 Å². The second kappa shape index (κ2) is 8.63. The molecule has 1 unspecified atom stereocenters. The molecule has 0 radical (unpaired) electrons. The fraction of sp³-hybridized carbons (Fsp3) is 0.143. The number of benzene rings is 2. The van der Waals surface area contributed by atoms with Crippen molar-refractivity contribution in [3.8, 4) is 0 Å². The zero-order chi connectivity index (χ0) is 22.2. The molecule has 10 heteroatoms. The molecule has 0 bridgehead atoms. The number of para-hydroxylation sites is 1. The zero-order valence-corrected chi connectivity index (χ0v) is 19.0. The molecule has 0 N–H and O–H groups in total. The van der Waals surface area contributed by atoms with Crippen molar-refractivity contribution in [1.82, 2.24) is 0 Å². The summed E-state index contributed by atoms with van der Waals surface area (Å²) in [5.41, 5.74) is 0.504. The van der Waals surface area contributed by atoms with Crippen molar-refractivity contribution in [3.63, 3.8) is 0 Å². The number of ether oxygens (including phenoxy) is 1. The molecule has 0 aliphatic carbocycles. The van der Waals surface area contributed by atoms with Gasteiger partial charge in [-0.05, 0) is 30.3 Å². The van der Waals surface area contributed by atoms with Gasteiger partial charge in [-0.25, -0.2) is 13.2 Å². The van der Waals surface area contributed by atoms with Crippen LogP contribution in [0.1, 0.15) is 9.67 Å². The molecule has 2 heterocycles. The Labute approximate surface area is 192 Å². The van der Waals surface area contributed by atoms with Gasteiger partial charge in [0.25, 0.3) is 5.91 Å². The number of nitrogens with zero attached hydrogens (tertiary/aromatic N) is 1. The van der Waals surface area contributed by atoms with E-state index in [1.807, 2.05) is 0 Å². The van der Waals surface area contributed by atoms with Gasteiger partial charge in [-0.1, -0.05) is 47.5 Å². The number of esters is 1. The summed E-state index contributed by atoms with van der Waals surface area (Å²) in [6, 6.07) is 13.0. The molecule has 160 valence electrons. The number of amides is 1. The lowest BCUT2D eigenvalue weighted by molar-refractivity contribution is -0.121. The van der Waals surface area contributed by atoms with Gasteiger partial charge in [0.15, 0.2) is 16.4 Å². The second-order valence-corrected chi connectivity index (χ2v) is 10.6. The third-order valence-corrected chi connectivity index (χ3v) is 7.90. The predicted molar refractivity (Wildman–Crippen MR) is 123 cm³/mol. The standard InChI is InChI=1S/C21H15Cl2NO5S2/c22-13-6-7-16-17(10-13)30-20(19(16)23)21(26)29-11-18(25)24(14-4-2-1-3-5-14)15-8-9-31(27,28)12-15/h1-10,15H,11-12H2. The van der Waals surface area contributed by atoms with Gasteiger partial charge in [-0.2, -0.15) is 0 Å². The van der Waals surface area contributed by atoms with Crippen molar-refractivity contribution in [2.75, 3.05) is 17.3 Å². The van der Waals surface area contributed by atoms with Gasteiger partial charge >= 0.3 is 5.97 Å². The largest absolute Gasteiger partial charge is 0.451 e. The van der Waals surface area contributed by atoms with E-state index in [2.05, 4.69) is 0 Å². The number of carbonyl (C=O) groups excluding carboxylic acids is 2. The Bertz CT molecular complexity index is 1300. The molecule has 1 aliphatic heterocycles. The van der Waals surface area contributed by atoms with Gasteiger partial charge in [-0.3, -0.25) is 4.79 Å². The minimum atomic E-state index is -3.39. The van der Waals surface area contributed by atoms with Crippen LogP contribution in [0.2, 0.25) is 10.0 Å². The van der Waals surface area contributed by atoms with Crippen molar-refractivity contribution >= 4 is 72.0 Å². The fourth-order valence-corrected chi connectivity index (χ4v) is 6.21. The van der Waals surface area contributed by atoms with Crippen molar-refractivity contribution in [2.24, 2.45) is 0 Å². The van der Waals surface area contributed by atoms with Crippen LogP contribution in [-0.2, 0) is 19.4 Å². The lowest BCUT2D eigenvalue weighted by Crippen LogP contribution is -2.43. The first-order valence-corrected chi connectivity index (χ1v) is 12.4. The van der Waals surface area contributed by atoms with Gasteiger partial charge < -0.3 is 9.64 Å². The van der Waals surface area contributed by atoms with Gasteiger partial charge in [0.2, 0.25) is 0 Å². The average Bonchev–Trinajstić information content (AvgIpc) is 3.26. The highest BCUT2D eigenvalue weighted by atomic mass is 35.5. The van der Waals surface area contributed by atoms with E-state index in [1.165, 1.54) is 11.0 Å². The minimum Gasteiger partial charge on any atom is -0.451 e. The van der Waals surface area contributed by atoms with Crippen LogP contribution in [0.15, 0.2) is 60.0 Å². The van der Waals surface area contributed by atoms with Crippen LogP contribution >= 0.6 is 34.5 Å². The van der Waals surface area contributed by atoms with E-state index < -0.39 is 34.4 Å². The molecular formula is C21H15Cl2NO5S2. The topological polar surface area (TPSA) is 80.8 Å². The number of hydrogen-bond donors (Lipinski definition) is 0. The number of carbonyl (C=O) groups is 2. The summed E-state index contributed by atoms with van der Waals surface area (Å²) < 4.78 is 29.7. The molecule has 2 aromatic carbocycles. The monoisotopic (exact) mass is 495 g/mol. The molecule has 0 fully saturated rings. The summed E-state index contributed by atoms with van der Waals surface area (Å²) in [5.74, 6) is -1.52. The first-order valence-electron chi connectivity index (χ1n) is 9.08. The Balaban J connectivity index is 1.54. The van der Waals surface area contributed by atoms with Gasteiger partial charge in [0.05, 0.1) is 16.8 Å². The summed E-state index contributed by atoms with van der Waals surface area (Å²) in [4.78, 5) is 27.0. The molecule has 0 spiro atoms. The minimum absolute atomic E-state index is 0.168. The van der Waals surface area contributed by atoms with Crippen molar-refractivity contribution in [3.05, 3.63) is 74.9 Å². The number of hydrogen-bond acceptors (Lipinski definition) is 6. The van der Waals surface area contributed by atoms with E-state index in [0.717, 1.165) is 21.4 Å². The number of sulfone groups is 1. The maximum Gasteiger partial charge on any atom is 0.350 e. The number of anilines is 1. The number of rotatable bonds is 5. The lowest BCUT2D eigenvalue weighted by atomic mass is 10.2. The molecule has 1 aliphatic rings. The van der Waals surface area contributed by atoms with Crippen LogP contribution in [0.3, 0.4) is 0 Å². The SMILES string of the molecule is O=C(OCC(=O)N(c1ccccc1)C1C=CS(=O)(=O)C1)c1sc2cc(Cl)ccc2c1Cl. The molecular weight excluding hydrogens is 481 g/mol. The zero-order valence-electron chi connectivity index (χ0n) is 15.8. The quantitative estimate of drug-likeness (QED) is 0.478. The Morgan fingerprint density at radius 2 is 1.87 bits per heavy atom. The van der Waals surface area contributed by atoms with E-state index in [-0.39, 0.29) is 15.7 Å². The third-order valence-electron chi connectivity index (χ3n) is 4.65. The van der Waals surface area contributed by atoms with E-state index in [0.29, 0.717) is 16.1 Å². The Hall–Kier alpha value is -2.39. The molecule has 31 heavy (non-hydrogen) atoms. The number of halogens is 2. The highest BCUT2D eigenvalue weighted by Crippen LogP contribution is 2.37. The van der Waals surface area contributed by atoms with Crippen LogP contribution in [0.25, 0.3) is 10.1 Å². The second-order valence-electron chi connectivity index (χ2n) is 6.79. The van der Waals surface area contributed by atoms with Crippen molar-refractivity contribution in [1.29, 1.82) is 0 Å². The number of thiophene rings is 1. The average molecular weight is 496 g/mol. The molecule has 0 saturated heterocycles. The first-order chi connectivity index (χ1) is 14.7. The maximum absolute atomic E-state index is 13.0. The maximum atomic E-state index is 13.0. The van der Waals surface area contributed by atoms with Crippen LogP contribution in [0.4, 0.5) is 5.69 Å². The van der Waals surface area contributed by atoms with E-state index in [1.54, 1.807) is 48.5 Å². The van der Waals surface area contributed by atoms with E-state index >= 15 is 0 Å². The molecule has 0 saturated carbocycles. The molecule has 1 amide bonds. The Morgan fingerprint density at radius 1 is 1.13 bits per heavy atom. The predicted octanol–water partition coefficient (Wildman–Crippen LogP) is 4.71. The summed E-state index contributed by atoms with van der Waals surface area (Å²) in [6.07, 6.45) is 1.45. The van der Waals surface area contributed by atoms with Crippen LogP contribution in [-0.4, -0.2) is 38.7 Å². The van der Waals surface area contributed by atoms with Crippen LogP contribution in [0, 0.1) is 0 Å². The van der Waals surface area contributed by atoms with E-state index in [9.17, 15) is 18.0 Å². The molecule has 1 atom stereocenters. The first kappa shape index (κ1) is 21.8. The van der Waals surface area contributed by atoms with Crippen LogP contribution < -0.4 is 4.90 Å². The van der Waals surface area contributed by atoms with E-state index in [4.69, 9.17) is 27.9 Å². The highest BCUT2D eigenvalue weighted by Gasteiger charge is 2.32. The number of fused-ring (bicyclic) bond motifs is 1. The third kappa shape index (κ3) is 4.62. The Kier molecular flexibility index (Phi) is 6.07. The van der Waals surface area contributed by atoms with Crippen LogP contribution in [0.5, 0.6) is 0 Å². The molecule has 1 aromatic heterocycles. The summed E-state index contributed by atoms with van der Waals surface area (Å²) in [5, 5.41) is 2.51. The molecule has 6 nitrogen and oxygen atoms in total. The lowest BCUT2D eigenvalue weighted by Gasteiger charge is -2.27. The van der Waals surface area contributed by atoms with Gasteiger partial charge in [-0.15, -0.1) is 11.3 Å². The normalized spacial score (nSPS) is 17.0. The van der Waals surface area contributed by atoms with Crippen molar-refractivity contribution in [2.45, 2.75) is 6.04 Å². The summed E-state index contributed by atoms with van der Waals surface area (Å²) >= 11 is 13.4. The van der Waals surface area contributed by atoms with Gasteiger partial charge in [0.1, 0.15) is 4.88 Å². The highest BCUT2D eigenvalue weighted by molar-refractivity contribution is 7.94. The smallest absolute Gasteiger partial charge is 0.350 e. The summed E-state index contributed by atoms with van der Waals surface area (Å²) in [7, 11) is -3.39.